The fourth-order valence-corrected chi connectivity index (χ4v) is 1.18. The molecule has 46 valence electrons. The Morgan fingerprint density at radius 1 is 1.88 bits per heavy atom. The molecule has 0 amide bonds. The Morgan fingerprint density at radius 2 is 2.38 bits per heavy atom. The number of alkyl halides is 1. The number of carbonyl (C=O) groups is 1. The largest absolute Gasteiger partial charge is 0.469 e. The van der Waals surface area contributed by atoms with Crippen molar-refractivity contribution < 1.29 is 9.53 Å². The summed E-state index contributed by atoms with van der Waals surface area (Å²) in [5.41, 5.74) is 0. The predicted molar refractivity (Wildman–Crippen MR) is 32.8 cm³/mol. The highest BCUT2D eigenvalue weighted by Crippen LogP contribution is 2.38. The van der Waals surface area contributed by atoms with E-state index in [1.807, 2.05) is 0 Å². The van der Waals surface area contributed by atoms with Gasteiger partial charge in [-0.05, 0) is 6.42 Å². The molecule has 3 heteroatoms. The lowest BCUT2D eigenvalue weighted by molar-refractivity contribution is -0.142. The Balaban J connectivity index is 2.28. The maximum atomic E-state index is 10.5. The normalized spacial score (nSPS) is 34.2. The monoisotopic (exact) mass is 178 g/mol. The molecular formula is C5H7BrO2. The van der Waals surface area contributed by atoms with Crippen LogP contribution in [0.15, 0.2) is 0 Å². The van der Waals surface area contributed by atoms with Crippen LogP contribution in [0.3, 0.4) is 0 Å². The Bertz CT molecular complexity index is 113. The van der Waals surface area contributed by atoms with Gasteiger partial charge in [-0.25, -0.2) is 0 Å². The SMILES string of the molecule is COC(=O)[C@@H]1C[C@@H]1Br. The van der Waals surface area contributed by atoms with Gasteiger partial charge in [0.05, 0.1) is 13.0 Å². The van der Waals surface area contributed by atoms with Crippen molar-refractivity contribution in [2.75, 3.05) is 7.11 Å². The van der Waals surface area contributed by atoms with Crippen molar-refractivity contribution in [3.63, 3.8) is 0 Å². The zero-order valence-corrected chi connectivity index (χ0v) is 6.14. The van der Waals surface area contributed by atoms with E-state index < -0.39 is 0 Å². The maximum Gasteiger partial charge on any atom is 0.309 e. The number of carbonyl (C=O) groups excluding carboxylic acids is 1. The molecule has 0 unspecified atom stereocenters. The van der Waals surface area contributed by atoms with Crippen molar-refractivity contribution in [1.82, 2.24) is 0 Å². The van der Waals surface area contributed by atoms with Gasteiger partial charge in [0.15, 0.2) is 0 Å². The van der Waals surface area contributed by atoms with Crippen molar-refractivity contribution in [2.45, 2.75) is 11.2 Å². The Morgan fingerprint density at radius 3 is 2.50 bits per heavy atom. The number of esters is 1. The topological polar surface area (TPSA) is 26.3 Å². The number of methoxy groups -OCH3 is 1. The molecule has 1 aliphatic carbocycles. The van der Waals surface area contributed by atoms with Crippen molar-refractivity contribution in [1.29, 1.82) is 0 Å². The first-order chi connectivity index (χ1) is 3.75. The molecule has 0 spiro atoms. The molecule has 0 bridgehead atoms. The summed E-state index contributed by atoms with van der Waals surface area (Å²) in [5, 5.41) is 0. The zero-order valence-electron chi connectivity index (χ0n) is 4.56. The minimum Gasteiger partial charge on any atom is -0.469 e. The van der Waals surface area contributed by atoms with Crippen molar-refractivity contribution in [2.24, 2.45) is 5.92 Å². The summed E-state index contributed by atoms with van der Waals surface area (Å²) >= 11 is 3.29. The van der Waals surface area contributed by atoms with Gasteiger partial charge in [0.1, 0.15) is 0 Å². The van der Waals surface area contributed by atoms with Crippen molar-refractivity contribution in [3.8, 4) is 0 Å². The minimum atomic E-state index is -0.0909. The van der Waals surface area contributed by atoms with E-state index in [-0.39, 0.29) is 11.9 Å². The summed E-state index contributed by atoms with van der Waals surface area (Å²) in [6.45, 7) is 0. The Kier molecular flexibility index (Phi) is 1.56. The van der Waals surface area contributed by atoms with Crippen LogP contribution < -0.4 is 0 Å². The van der Waals surface area contributed by atoms with Crippen molar-refractivity contribution in [3.05, 3.63) is 0 Å². The van der Waals surface area contributed by atoms with Crippen LogP contribution in [0.25, 0.3) is 0 Å². The van der Waals surface area contributed by atoms with Crippen LogP contribution in [-0.2, 0) is 9.53 Å². The predicted octanol–water partition coefficient (Wildman–Crippen LogP) is 0.943. The molecule has 0 heterocycles. The molecule has 0 saturated heterocycles. The third-order valence-electron chi connectivity index (χ3n) is 1.22. The van der Waals surface area contributed by atoms with Crippen LogP contribution in [-0.4, -0.2) is 17.9 Å². The Labute approximate surface area is 56.3 Å². The molecule has 1 saturated carbocycles. The Hall–Kier alpha value is -0.0500. The van der Waals surface area contributed by atoms with Gasteiger partial charge in [0.2, 0.25) is 0 Å². The van der Waals surface area contributed by atoms with E-state index in [1.165, 1.54) is 7.11 Å². The highest BCUT2D eigenvalue weighted by Gasteiger charge is 2.41. The lowest BCUT2D eigenvalue weighted by Gasteiger charge is -1.90. The number of halogens is 1. The highest BCUT2D eigenvalue weighted by atomic mass is 79.9. The summed E-state index contributed by atoms with van der Waals surface area (Å²) in [5.74, 6) is 0.0480. The van der Waals surface area contributed by atoms with Gasteiger partial charge >= 0.3 is 5.97 Å². The summed E-state index contributed by atoms with van der Waals surface area (Å²) in [7, 11) is 1.42. The van der Waals surface area contributed by atoms with E-state index >= 15 is 0 Å². The number of hydrogen-bond donors (Lipinski definition) is 0. The molecule has 0 aromatic rings. The first kappa shape index (κ1) is 6.08. The van der Waals surface area contributed by atoms with Crippen molar-refractivity contribution >= 4 is 21.9 Å². The van der Waals surface area contributed by atoms with Crippen LogP contribution >= 0.6 is 15.9 Å². The molecule has 2 nitrogen and oxygen atoms in total. The summed E-state index contributed by atoms with van der Waals surface area (Å²) in [4.78, 5) is 10.9. The van der Waals surface area contributed by atoms with E-state index in [0.29, 0.717) is 4.83 Å². The lowest BCUT2D eigenvalue weighted by atomic mass is 10.4. The van der Waals surface area contributed by atoms with Gasteiger partial charge in [-0.2, -0.15) is 0 Å². The highest BCUT2D eigenvalue weighted by molar-refractivity contribution is 9.09. The van der Waals surface area contributed by atoms with E-state index in [2.05, 4.69) is 20.7 Å². The van der Waals surface area contributed by atoms with Gasteiger partial charge < -0.3 is 4.74 Å². The molecule has 1 fully saturated rings. The maximum absolute atomic E-state index is 10.5. The number of hydrogen-bond acceptors (Lipinski definition) is 2. The molecule has 0 aromatic carbocycles. The average molecular weight is 179 g/mol. The van der Waals surface area contributed by atoms with E-state index in [4.69, 9.17) is 0 Å². The second-order valence-corrected chi connectivity index (χ2v) is 3.06. The fraction of sp³-hybridized carbons (Fsp3) is 0.800. The summed E-state index contributed by atoms with van der Waals surface area (Å²) in [6, 6.07) is 0. The molecule has 2 atom stereocenters. The average Bonchev–Trinajstić information content (AvgIpc) is 2.45. The van der Waals surface area contributed by atoms with Gasteiger partial charge in [-0.3, -0.25) is 4.79 Å². The second kappa shape index (κ2) is 2.05. The van der Waals surface area contributed by atoms with E-state index in [0.717, 1.165) is 6.42 Å². The molecule has 1 rings (SSSR count). The van der Waals surface area contributed by atoms with Crippen LogP contribution in [0, 0.1) is 5.92 Å². The van der Waals surface area contributed by atoms with Gasteiger partial charge in [-0.1, -0.05) is 15.9 Å². The molecule has 0 N–H and O–H groups in total. The quantitative estimate of drug-likeness (QED) is 0.442. The smallest absolute Gasteiger partial charge is 0.309 e. The zero-order chi connectivity index (χ0) is 6.15. The van der Waals surface area contributed by atoms with Gasteiger partial charge in [0, 0.05) is 4.83 Å². The first-order valence-electron chi connectivity index (χ1n) is 2.47. The second-order valence-electron chi connectivity index (χ2n) is 1.88. The number of rotatable bonds is 1. The standard InChI is InChI=1S/C5H7BrO2/c1-8-5(7)3-2-4(3)6/h3-4H,2H2,1H3/t3-,4+/m1/s1. The molecule has 0 aliphatic heterocycles. The minimum absolute atomic E-state index is 0.0909. The van der Waals surface area contributed by atoms with Crippen LogP contribution in [0.4, 0.5) is 0 Å². The van der Waals surface area contributed by atoms with E-state index in [1.54, 1.807) is 0 Å². The van der Waals surface area contributed by atoms with Crippen LogP contribution in [0.1, 0.15) is 6.42 Å². The third kappa shape index (κ3) is 1.02. The van der Waals surface area contributed by atoms with Gasteiger partial charge in [0.25, 0.3) is 0 Å². The van der Waals surface area contributed by atoms with Crippen LogP contribution in [0.2, 0.25) is 0 Å². The molecule has 1 aliphatic rings. The third-order valence-corrected chi connectivity index (χ3v) is 2.23. The summed E-state index contributed by atoms with van der Waals surface area (Å²) in [6.07, 6.45) is 0.937. The molecule has 8 heavy (non-hydrogen) atoms. The van der Waals surface area contributed by atoms with Crippen LogP contribution in [0.5, 0.6) is 0 Å². The summed E-state index contributed by atoms with van der Waals surface area (Å²) < 4.78 is 4.48. The first-order valence-corrected chi connectivity index (χ1v) is 3.39. The molecule has 0 radical (unpaired) electrons. The van der Waals surface area contributed by atoms with Gasteiger partial charge in [-0.15, -0.1) is 0 Å². The molecular weight excluding hydrogens is 172 g/mol. The molecule has 0 aromatic heterocycles. The lowest BCUT2D eigenvalue weighted by Crippen LogP contribution is -2.03. The number of ether oxygens (including phenoxy) is 1. The van der Waals surface area contributed by atoms with E-state index in [9.17, 15) is 4.79 Å². The fourth-order valence-electron chi connectivity index (χ4n) is 0.559.